The quantitative estimate of drug-likeness (QED) is 0.900. The molecule has 1 aliphatic rings. The van der Waals surface area contributed by atoms with E-state index in [1.54, 1.807) is 12.1 Å². The molecule has 120 valence electrons. The van der Waals surface area contributed by atoms with Gasteiger partial charge in [0, 0.05) is 12.6 Å². The summed E-state index contributed by atoms with van der Waals surface area (Å²) >= 11 is 0. The van der Waals surface area contributed by atoms with E-state index in [-0.39, 0.29) is 24.8 Å². The first-order valence-electron chi connectivity index (χ1n) is 7.44. The molecule has 2 amide bonds. The molecular weight excluding hydrogens is 287 g/mol. The van der Waals surface area contributed by atoms with E-state index in [2.05, 4.69) is 0 Å². The zero-order valence-electron chi connectivity index (χ0n) is 12.6. The Bertz CT molecular complexity index is 550. The van der Waals surface area contributed by atoms with Crippen molar-refractivity contribution >= 4 is 11.8 Å². The summed E-state index contributed by atoms with van der Waals surface area (Å²) in [5.41, 5.74) is 5.39. The highest BCUT2D eigenvalue weighted by Gasteiger charge is 2.33. The Morgan fingerprint density at radius 2 is 2.23 bits per heavy atom. The summed E-state index contributed by atoms with van der Waals surface area (Å²) in [6.45, 7) is 2.72. The number of nitrogens with two attached hydrogens (primary N) is 1. The molecule has 22 heavy (non-hydrogen) atoms. The number of hydrogen-bond acceptors (Lipinski definition) is 3. The van der Waals surface area contributed by atoms with Crippen LogP contribution in [0.1, 0.15) is 26.2 Å². The van der Waals surface area contributed by atoms with Crippen LogP contribution in [0.2, 0.25) is 0 Å². The summed E-state index contributed by atoms with van der Waals surface area (Å²) in [6, 6.07) is 5.22. The van der Waals surface area contributed by atoms with E-state index in [1.165, 1.54) is 17.0 Å². The van der Waals surface area contributed by atoms with Gasteiger partial charge in [-0.3, -0.25) is 9.59 Å². The summed E-state index contributed by atoms with van der Waals surface area (Å²) in [5.74, 6) is -0.252. The van der Waals surface area contributed by atoms with Gasteiger partial charge in [0.25, 0.3) is 0 Å². The zero-order valence-corrected chi connectivity index (χ0v) is 12.6. The number of ether oxygens (including phenoxy) is 1. The molecule has 1 aromatic rings. The van der Waals surface area contributed by atoms with Crippen molar-refractivity contribution in [1.29, 1.82) is 0 Å². The van der Waals surface area contributed by atoms with Crippen LogP contribution in [0.15, 0.2) is 24.3 Å². The van der Waals surface area contributed by atoms with E-state index >= 15 is 0 Å². The minimum Gasteiger partial charge on any atom is -0.493 e. The highest BCUT2D eigenvalue weighted by Crippen LogP contribution is 2.23. The molecule has 1 aliphatic heterocycles. The standard InChI is InChI=1S/C16H21FN2O3/c1-11-5-7-19(14(9-11)16(18)21)15(20)6-8-22-13-4-2-3-12(17)10-13/h2-4,10-11,14H,5-9H2,1H3,(H2,18,21). The topological polar surface area (TPSA) is 72.6 Å². The molecule has 0 saturated carbocycles. The summed E-state index contributed by atoms with van der Waals surface area (Å²) in [5, 5.41) is 0. The molecule has 6 heteroatoms. The van der Waals surface area contributed by atoms with Crippen LogP contribution in [0.3, 0.4) is 0 Å². The number of carbonyl (C=O) groups is 2. The predicted molar refractivity (Wildman–Crippen MR) is 79.6 cm³/mol. The van der Waals surface area contributed by atoms with E-state index in [4.69, 9.17) is 10.5 Å². The lowest BCUT2D eigenvalue weighted by Gasteiger charge is -2.36. The molecule has 2 atom stereocenters. The van der Waals surface area contributed by atoms with Gasteiger partial charge in [-0.25, -0.2) is 4.39 Å². The molecule has 1 saturated heterocycles. The highest BCUT2D eigenvalue weighted by molar-refractivity contribution is 5.86. The molecule has 2 unspecified atom stereocenters. The molecule has 0 spiro atoms. The lowest BCUT2D eigenvalue weighted by Crippen LogP contribution is -2.52. The maximum Gasteiger partial charge on any atom is 0.240 e. The molecule has 1 heterocycles. The molecule has 0 bridgehead atoms. The molecule has 0 aromatic heterocycles. The Morgan fingerprint density at radius 3 is 2.91 bits per heavy atom. The van der Waals surface area contributed by atoms with Crippen molar-refractivity contribution in [2.75, 3.05) is 13.2 Å². The van der Waals surface area contributed by atoms with Crippen LogP contribution in [-0.4, -0.2) is 35.9 Å². The summed E-state index contributed by atoms with van der Waals surface area (Å²) in [7, 11) is 0. The molecule has 2 rings (SSSR count). The van der Waals surface area contributed by atoms with Gasteiger partial charge in [-0.1, -0.05) is 13.0 Å². The van der Waals surface area contributed by atoms with Gasteiger partial charge in [0.2, 0.25) is 11.8 Å². The first-order chi connectivity index (χ1) is 10.5. The van der Waals surface area contributed by atoms with Crippen LogP contribution >= 0.6 is 0 Å². The fourth-order valence-corrected chi connectivity index (χ4v) is 2.67. The first-order valence-corrected chi connectivity index (χ1v) is 7.44. The number of nitrogens with zero attached hydrogens (tertiary/aromatic N) is 1. The Morgan fingerprint density at radius 1 is 1.45 bits per heavy atom. The molecular formula is C16H21FN2O3. The van der Waals surface area contributed by atoms with Gasteiger partial charge in [0.1, 0.15) is 17.6 Å². The maximum atomic E-state index is 13.0. The number of carbonyl (C=O) groups excluding carboxylic acids is 2. The van der Waals surface area contributed by atoms with Crippen molar-refractivity contribution in [2.45, 2.75) is 32.2 Å². The number of primary amides is 1. The van der Waals surface area contributed by atoms with E-state index < -0.39 is 11.9 Å². The van der Waals surface area contributed by atoms with Crippen LogP contribution in [-0.2, 0) is 9.59 Å². The summed E-state index contributed by atoms with van der Waals surface area (Å²) in [4.78, 5) is 25.3. The van der Waals surface area contributed by atoms with Gasteiger partial charge < -0.3 is 15.4 Å². The van der Waals surface area contributed by atoms with Crippen LogP contribution in [0.5, 0.6) is 5.75 Å². The fourth-order valence-electron chi connectivity index (χ4n) is 2.67. The SMILES string of the molecule is CC1CCN(C(=O)CCOc2cccc(F)c2)C(C(N)=O)C1. The number of rotatable bonds is 5. The second-order valence-corrected chi connectivity index (χ2v) is 5.69. The molecule has 2 N–H and O–H groups in total. The van der Waals surface area contributed by atoms with Crippen LogP contribution < -0.4 is 10.5 Å². The van der Waals surface area contributed by atoms with Gasteiger partial charge >= 0.3 is 0 Å². The Hall–Kier alpha value is -2.11. The maximum absolute atomic E-state index is 13.0. The second-order valence-electron chi connectivity index (χ2n) is 5.69. The molecule has 0 radical (unpaired) electrons. The number of amides is 2. The number of benzene rings is 1. The highest BCUT2D eigenvalue weighted by atomic mass is 19.1. The van der Waals surface area contributed by atoms with Crippen molar-refractivity contribution in [1.82, 2.24) is 4.90 Å². The average Bonchev–Trinajstić information content (AvgIpc) is 2.47. The average molecular weight is 308 g/mol. The lowest BCUT2D eigenvalue weighted by molar-refractivity contribution is -0.142. The van der Waals surface area contributed by atoms with Crippen molar-refractivity contribution in [3.05, 3.63) is 30.1 Å². The van der Waals surface area contributed by atoms with E-state index in [0.717, 1.165) is 6.42 Å². The van der Waals surface area contributed by atoms with Gasteiger partial charge in [-0.05, 0) is 30.9 Å². The van der Waals surface area contributed by atoms with Crippen molar-refractivity contribution in [2.24, 2.45) is 11.7 Å². The summed E-state index contributed by atoms with van der Waals surface area (Å²) in [6.07, 6.45) is 1.60. The van der Waals surface area contributed by atoms with Crippen molar-refractivity contribution in [3.8, 4) is 5.75 Å². The molecule has 0 aliphatic carbocycles. The zero-order chi connectivity index (χ0) is 16.1. The van der Waals surface area contributed by atoms with Gasteiger partial charge in [-0.15, -0.1) is 0 Å². The molecule has 5 nitrogen and oxygen atoms in total. The third-order valence-corrected chi connectivity index (χ3v) is 3.89. The van der Waals surface area contributed by atoms with Crippen molar-refractivity contribution < 1.29 is 18.7 Å². The third kappa shape index (κ3) is 4.19. The smallest absolute Gasteiger partial charge is 0.240 e. The second kappa shape index (κ2) is 7.24. The third-order valence-electron chi connectivity index (χ3n) is 3.89. The minimum atomic E-state index is -0.537. The molecule has 1 fully saturated rings. The largest absolute Gasteiger partial charge is 0.493 e. The summed E-state index contributed by atoms with van der Waals surface area (Å²) < 4.78 is 18.4. The monoisotopic (exact) mass is 308 g/mol. The van der Waals surface area contributed by atoms with Gasteiger partial charge in [0.15, 0.2) is 0 Å². The number of piperidine rings is 1. The van der Waals surface area contributed by atoms with Gasteiger partial charge in [-0.2, -0.15) is 0 Å². The fraction of sp³-hybridized carbons (Fsp3) is 0.500. The van der Waals surface area contributed by atoms with E-state index in [0.29, 0.717) is 24.6 Å². The normalized spacial score (nSPS) is 21.5. The van der Waals surface area contributed by atoms with Crippen LogP contribution in [0.4, 0.5) is 4.39 Å². The Kier molecular flexibility index (Phi) is 5.35. The van der Waals surface area contributed by atoms with Crippen LogP contribution in [0.25, 0.3) is 0 Å². The van der Waals surface area contributed by atoms with E-state index in [1.807, 2.05) is 6.92 Å². The predicted octanol–water partition coefficient (Wildman–Crippen LogP) is 1.71. The Balaban J connectivity index is 1.87. The number of hydrogen-bond donors (Lipinski definition) is 1. The lowest BCUT2D eigenvalue weighted by atomic mass is 9.92. The number of likely N-dealkylation sites (tertiary alicyclic amines) is 1. The molecule has 1 aromatic carbocycles. The van der Waals surface area contributed by atoms with Crippen molar-refractivity contribution in [3.63, 3.8) is 0 Å². The minimum absolute atomic E-state index is 0.134. The first kappa shape index (κ1) is 16.3. The van der Waals surface area contributed by atoms with Crippen LogP contribution in [0, 0.1) is 11.7 Å². The van der Waals surface area contributed by atoms with E-state index in [9.17, 15) is 14.0 Å². The van der Waals surface area contributed by atoms with Gasteiger partial charge in [0.05, 0.1) is 13.0 Å². The Labute approximate surface area is 129 Å². The number of halogens is 1.